The summed E-state index contributed by atoms with van der Waals surface area (Å²) < 4.78 is 10.6. The van der Waals surface area contributed by atoms with Crippen LogP contribution in [0.3, 0.4) is 0 Å². The average Bonchev–Trinajstić information content (AvgIpc) is 3.06. The van der Waals surface area contributed by atoms with Crippen LogP contribution in [0.4, 0.5) is 0 Å². The molecular weight excluding hydrogens is 346 g/mol. The number of hydrogen-bond acceptors (Lipinski definition) is 6. The lowest BCUT2D eigenvalue weighted by molar-refractivity contribution is -0.518. The van der Waals surface area contributed by atoms with Crippen molar-refractivity contribution < 1.29 is 24.3 Å². The summed E-state index contributed by atoms with van der Waals surface area (Å²) in [6.07, 6.45) is 0. The van der Waals surface area contributed by atoms with Gasteiger partial charge in [0.15, 0.2) is 11.5 Å². The second-order valence-corrected chi connectivity index (χ2v) is 6.66. The van der Waals surface area contributed by atoms with Crippen molar-refractivity contribution in [2.45, 2.75) is 23.1 Å². The van der Waals surface area contributed by atoms with Crippen molar-refractivity contribution in [3.8, 4) is 11.5 Å². The molecule has 2 aromatic rings. The van der Waals surface area contributed by atoms with Gasteiger partial charge in [-0.3, -0.25) is 10.1 Å². The number of carbonyl (C=O) groups is 1. The summed E-state index contributed by atoms with van der Waals surface area (Å²) in [7, 11) is 0. The molecule has 2 unspecified atom stereocenters. The van der Waals surface area contributed by atoms with Crippen LogP contribution in [0.1, 0.15) is 28.1 Å². The topological polar surface area (TPSA) is 98.9 Å². The number of aromatic carboxylic acids is 1. The highest BCUT2D eigenvalue weighted by molar-refractivity contribution is 7.99. The number of hydrogen-bond donors (Lipinski definition) is 1. The van der Waals surface area contributed by atoms with Gasteiger partial charge in [0.25, 0.3) is 0 Å². The predicted octanol–water partition coefficient (Wildman–Crippen LogP) is 3.61. The van der Waals surface area contributed by atoms with Gasteiger partial charge in [-0.05, 0) is 29.8 Å². The zero-order chi connectivity index (χ0) is 18.0. The minimum atomic E-state index is -1.07. The van der Waals surface area contributed by atoms with Crippen LogP contribution in [0.2, 0.25) is 0 Å². The van der Waals surface area contributed by atoms with E-state index in [4.69, 9.17) is 9.47 Å². The molecule has 25 heavy (non-hydrogen) atoms. The summed E-state index contributed by atoms with van der Waals surface area (Å²) in [5, 5.41) is 20.1. The molecule has 0 bridgehead atoms. The van der Waals surface area contributed by atoms with Gasteiger partial charge >= 0.3 is 5.97 Å². The summed E-state index contributed by atoms with van der Waals surface area (Å²) in [5.74, 6) is 0.0543. The Labute approximate surface area is 147 Å². The minimum absolute atomic E-state index is 0.114. The minimum Gasteiger partial charge on any atom is -0.478 e. The van der Waals surface area contributed by atoms with Crippen molar-refractivity contribution in [3.63, 3.8) is 0 Å². The Hall–Kier alpha value is -2.74. The number of rotatable bonds is 6. The largest absolute Gasteiger partial charge is 0.478 e. The predicted molar refractivity (Wildman–Crippen MR) is 91.0 cm³/mol. The third kappa shape index (κ3) is 3.53. The van der Waals surface area contributed by atoms with Crippen molar-refractivity contribution in [1.82, 2.24) is 0 Å². The van der Waals surface area contributed by atoms with Gasteiger partial charge in [-0.25, -0.2) is 4.79 Å². The van der Waals surface area contributed by atoms with Gasteiger partial charge in [0.2, 0.25) is 12.8 Å². The fourth-order valence-corrected chi connectivity index (χ4v) is 3.82. The number of carboxylic acid groups (broad SMARTS) is 1. The van der Waals surface area contributed by atoms with Gasteiger partial charge < -0.3 is 14.6 Å². The molecule has 7 nitrogen and oxygen atoms in total. The fraction of sp³-hybridized carbons (Fsp3) is 0.235. The van der Waals surface area contributed by atoms with Crippen LogP contribution in [-0.2, 0) is 0 Å². The third-order valence-corrected chi connectivity index (χ3v) is 5.40. The van der Waals surface area contributed by atoms with Gasteiger partial charge in [-0.15, -0.1) is 11.8 Å². The van der Waals surface area contributed by atoms with Crippen molar-refractivity contribution >= 4 is 17.7 Å². The number of nitrogens with zero attached hydrogens (tertiary/aromatic N) is 1. The Kier molecular flexibility index (Phi) is 4.80. The first-order chi connectivity index (χ1) is 12.0. The lowest BCUT2D eigenvalue weighted by atomic mass is 10.1. The standard InChI is InChI=1S/C17H15NO6S/c1-10(18(21)22)16(11-6-7-13-14(8-11)24-9-23-13)25-15-5-3-2-4-12(15)17(19)20/h2-8,10,16H,9H2,1H3,(H,19,20). The zero-order valence-corrected chi connectivity index (χ0v) is 14.1. The number of benzene rings is 2. The van der Waals surface area contributed by atoms with Crippen LogP contribution in [0, 0.1) is 10.1 Å². The van der Waals surface area contributed by atoms with Crippen molar-refractivity contribution in [2.24, 2.45) is 0 Å². The Balaban J connectivity index is 1.99. The first-order valence-corrected chi connectivity index (χ1v) is 8.37. The second kappa shape index (κ2) is 7.02. The molecule has 0 saturated carbocycles. The summed E-state index contributed by atoms with van der Waals surface area (Å²) in [6.45, 7) is 1.62. The number of thioether (sulfide) groups is 1. The molecule has 0 saturated heterocycles. The van der Waals surface area contributed by atoms with E-state index in [0.717, 1.165) is 11.8 Å². The molecule has 2 atom stereocenters. The second-order valence-electron chi connectivity index (χ2n) is 5.48. The molecule has 0 aromatic heterocycles. The Morgan fingerprint density at radius 1 is 1.24 bits per heavy atom. The summed E-state index contributed by atoms with van der Waals surface area (Å²) in [5.41, 5.74) is 0.799. The maximum Gasteiger partial charge on any atom is 0.336 e. The van der Waals surface area contributed by atoms with Crippen molar-refractivity contribution in [2.75, 3.05) is 6.79 Å². The van der Waals surface area contributed by atoms with E-state index < -0.39 is 17.3 Å². The van der Waals surface area contributed by atoms with Crippen LogP contribution < -0.4 is 9.47 Å². The smallest absolute Gasteiger partial charge is 0.336 e. The number of fused-ring (bicyclic) bond motifs is 1. The lowest BCUT2D eigenvalue weighted by Gasteiger charge is -2.19. The molecule has 130 valence electrons. The molecular formula is C17H15NO6S. The molecule has 1 heterocycles. The van der Waals surface area contributed by atoms with Crippen LogP contribution in [0.15, 0.2) is 47.4 Å². The van der Waals surface area contributed by atoms with Crippen LogP contribution in [0.5, 0.6) is 11.5 Å². The number of ether oxygens (including phenoxy) is 2. The molecule has 1 aliphatic rings. The molecule has 2 aromatic carbocycles. The van der Waals surface area contributed by atoms with E-state index >= 15 is 0 Å². The van der Waals surface area contributed by atoms with Crippen molar-refractivity contribution in [3.05, 3.63) is 63.7 Å². The Morgan fingerprint density at radius 2 is 1.96 bits per heavy atom. The van der Waals surface area contributed by atoms with Gasteiger partial charge in [0, 0.05) is 16.7 Å². The maximum atomic E-state index is 11.4. The highest BCUT2D eigenvalue weighted by Crippen LogP contribution is 2.43. The molecule has 0 amide bonds. The van der Waals surface area contributed by atoms with E-state index in [0.29, 0.717) is 22.0 Å². The van der Waals surface area contributed by atoms with Crippen LogP contribution >= 0.6 is 11.8 Å². The normalized spacial score (nSPS) is 14.8. The maximum absolute atomic E-state index is 11.4. The fourth-order valence-electron chi connectivity index (χ4n) is 2.53. The average molecular weight is 361 g/mol. The van der Waals surface area contributed by atoms with Crippen LogP contribution in [-0.4, -0.2) is 28.8 Å². The van der Waals surface area contributed by atoms with Gasteiger partial charge in [0.05, 0.1) is 5.56 Å². The van der Waals surface area contributed by atoms with E-state index in [-0.39, 0.29) is 17.3 Å². The Bertz CT molecular complexity index is 825. The molecule has 3 rings (SSSR count). The van der Waals surface area contributed by atoms with Gasteiger partial charge in [-0.1, -0.05) is 18.2 Å². The molecule has 0 fully saturated rings. The Morgan fingerprint density at radius 3 is 2.68 bits per heavy atom. The van der Waals surface area contributed by atoms with Crippen LogP contribution in [0.25, 0.3) is 0 Å². The van der Waals surface area contributed by atoms with E-state index in [2.05, 4.69) is 0 Å². The summed E-state index contributed by atoms with van der Waals surface area (Å²) >= 11 is 1.16. The van der Waals surface area contributed by atoms with Gasteiger partial charge in [0.1, 0.15) is 5.25 Å². The number of carboxylic acids is 1. The van der Waals surface area contributed by atoms with Gasteiger partial charge in [-0.2, -0.15) is 0 Å². The molecule has 0 aliphatic carbocycles. The van der Waals surface area contributed by atoms with E-state index in [9.17, 15) is 20.0 Å². The number of nitro groups is 1. The first kappa shape index (κ1) is 17.1. The first-order valence-electron chi connectivity index (χ1n) is 7.49. The quantitative estimate of drug-likeness (QED) is 0.476. The molecule has 0 spiro atoms. The summed E-state index contributed by atoms with van der Waals surface area (Å²) in [6, 6.07) is 10.7. The highest BCUT2D eigenvalue weighted by Gasteiger charge is 2.31. The van der Waals surface area contributed by atoms with Crippen molar-refractivity contribution in [1.29, 1.82) is 0 Å². The van der Waals surface area contributed by atoms with E-state index in [1.54, 1.807) is 36.4 Å². The summed E-state index contributed by atoms with van der Waals surface area (Å²) in [4.78, 5) is 22.9. The SMILES string of the molecule is CC(C(Sc1ccccc1C(=O)O)c1ccc2c(c1)OCO2)[N+](=O)[O-]. The zero-order valence-electron chi connectivity index (χ0n) is 13.2. The van der Waals surface area contributed by atoms with E-state index in [1.165, 1.54) is 13.0 Å². The molecule has 1 aliphatic heterocycles. The van der Waals surface area contributed by atoms with E-state index in [1.807, 2.05) is 0 Å². The lowest BCUT2D eigenvalue weighted by Crippen LogP contribution is -2.22. The highest BCUT2D eigenvalue weighted by atomic mass is 32.2. The molecule has 1 N–H and O–H groups in total. The third-order valence-electron chi connectivity index (χ3n) is 3.87. The monoisotopic (exact) mass is 361 g/mol. The molecule has 8 heteroatoms. The molecule has 0 radical (unpaired) electrons.